The molecule has 1 heterocycles. The summed E-state index contributed by atoms with van der Waals surface area (Å²) in [6, 6.07) is 18.3. The number of benzene rings is 2. The summed E-state index contributed by atoms with van der Waals surface area (Å²) in [5.41, 5.74) is 1.30. The topological polar surface area (TPSA) is 32.8 Å². The third-order valence-corrected chi connectivity index (χ3v) is 7.54. The molecule has 1 amide bonds. The zero-order valence-electron chi connectivity index (χ0n) is 21.0. The molecule has 4 heteroatoms. The summed E-state index contributed by atoms with van der Waals surface area (Å²) >= 11 is 0. The van der Waals surface area contributed by atoms with E-state index >= 15 is 0 Å². The van der Waals surface area contributed by atoms with Gasteiger partial charge < -0.3 is 9.64 Å². The van der Waals surface area contributed by atoms with Gasteiger partial charge in [-0.15, -0.1) is 0 Å². The number of hydrogen-bond donors (Lipinski definition) is 0. The highest BCUT2D eigenvalue weighted by Crippen LogP contribution is 2.27. The number of rotatable bonds is 10. The lowest BCUT2D eigenvalue weighted by Crippen LogP contribution is -2.44. The zero-order valence-corrected chi connectivity index (χ0v) is 21.0. The maximum Gasteiger partial charge on any atom is 0.225 e. The van der Waals surface area contributed by atoms with E-state index in [1.54, 1.807) is 0 Å². The minimum atomic E-state index is 0.207. The van der Waals surface area contributed by atoms with Crippen molar-refractivity contribution in [3.63, 3.8) is 0 Å². The van der Waals surface area contributed by atoms with Gasteiger partial charge in [-0.2, -0.15) is 0 Å². The van der Waals surface area contributed by atoms with Crippen LogP contribution >= 0.6 is 0 Å². The van der Waals surface area contributed by atoms with Crippen molar-refractivity contribution in [1.82, 2.24) is 9.80 Å². The van der Waals surface area contributed by atoms with E-state index in [9.17, 15) is 4.79 Å². The molecule has 0 radical (unpaired) electrons. The summed E-state index contributed by atoms with van der Waals surface area (Å²) in [5.74, 6) is 3.09. The molecule has 0 aromatic heterocycles. The Morgan fingerprint density at radius 2 is 1.59 bits per heavy atom. The number of piperidine rings is 1. The zero-order chi connectivity index (χ0) is 23.6. The van der Waals surface area contributed by atoms with Gasteiger partial charge >= 0.3 is 0 Å². The van der Waals surface area contributed by atoms with Gasteiger partial charge in [-0.05, 0) is 80.9 Å². The van der Waals surface area contributed by atoms with Crippen molar-refractivity contribution in [2.45, 2.75) is 71.3 Å². The molecule has 0 N–H and O–H groups in total. The Hall–Kier alpha value is -2.33. The molecule has 2 aliphatic rings. The first-order valence-corrected chi connectivity index (χ1v) is 13.5. The van der Waals surface area contributed by atoms with Crippen LogP contribution in [0.1, 0.15) is 70.3 Å². The summed E-state index contributed by atoms with van der Waals surface area (Å²) in [4.78, 5) is 18.2. The van der Waals surface area contributed by atoms with E-state index in [0.717, 1.165) is 75.8 Å². The Morgan fingerprint density at radius 3 is 2.26 bits per heavy atom. The van der Waals surface area contributed by atoms with Crippen LogP contribution in [0.4, 0.5) is 0 Å². The average molecular weight is 463 g/mol. The van der Waals surface area contributed by atoms with Gasteiger partial charge in [0.1, 0.15) is 11.5 Å². The third kappa shape index (κ3) is 7.33. The van der Waals surface area contributed by atoms with Gasteiger partial charge in [0.25, 0.3) is 0 Å². The number of carbonyl (C=O) groups excluding carboxylic acids is 1. The minimum absolute atomic E-state index is 0.207. The van der Waals surface area contributed by atoms with Crippen molar-refractivity contribution >= 4 is 5.91 Å². The number of amides is 1. The molecule has 0 bridgehead atoms. The highest BCUT2D eigenvalue weighted by atomic mass is 16.5. The number of unbranched alkanes of at least 4 members (excludes halogenated alkanes) is 1. The monoisotopic (exact) mass is 462 g/mol. The summed E-state index contributed by atoms with van der Waals surface area (Å²) in [5, 5.41) is 0. The standard InChI is InChI=1S/C30H42N2O2/c1-2-3-20-32(24-25-10-6-4-7-11-25)30(33)27-18-21-31(22-19-27)23-26-14-16-29(17-15-26)34-28-12-8-5-9-13-28/h5,8-9,12-17,25,27H,2-4,6-7,10-11,18-24H2,1H3. The maximum atomic E-state index is 13.4. The summed E-state index contributed by atoms with van der Waals surface area (Å²) < 4.78 is 5.91. The number of para-hydroxylation sites is 1. The van der Waals surface area contributed by atoms with Crippen molar-refractivity contribution in [2.24, 2.45) is 11.8 Å². The first-order chi connectivity index (χ1) is 16.7. The Bertz CT molecular complexity index is 853. The normalized spacial score (nSPS) is 18.0. The lowest BCUT2D eigenvalue weighted by molar-refractivity contribution is -0.138. The van der Waals surface area contributed by atoms with Crippen LogP contribution in [0.3, 0.4) is 0 Å². The van der Waals surface area contributed by atoms with Crippen LogP contribution in [0.5, 0.6) is 11.5 Å². The Balaban J connectivity index is 1.25. The number of ether oxygens (including phenoxy) is 1. The fourth-order valence-corrected chi connectivity index (χ4v) is 5.46. The fourth-order valence-electron chi connectivity index (χ4n) is 5.46. The lowest BCUT2D eigenvalue weighted by atomic mass is 9.88. The second-order valence-electron chi connectivity index (χ2n) is 10.3. The Kier molecular flexibility index (Phi) is 9.44. The molecule has 1 aliphatic carbocycles. The Morgan fingerprint density at radius 1 is 0.912 bits per heavy atom. The quantitative estimate of drug-likeness (QED) is 0.385. The van der Waals surface area contributed by atoms with Crippen molar-refractivity contribution in [3.05, 3.63) is 60.2 Å². The molecule has 0 atom stereocenters. The van der Waals surface area contributed by atoms with E-state index in [2.05, 4.69) is 41.0 Å². The molecule has 4 rings (SSSR count). The van der Waals surface area contributed by atoms with Crippen molar-refractivity contribution in [3.8, 4) is 11.5 Å². The van der Waals surface area contributed by atoms with Gasteiger partial charge in [0.05, 0.1) is 0 Å². The number of carbonyl (C=O) groups is 1. The van der Waals surface area contributed by atoms with Gasteiger partial charge in [0.15, 0.2) is 0 Å². The predicted molar refractivity (Wildman–Crippen MR) is 139 cm³/mol. The van der Waals surface area contributed by atoms with E-state index in [4.69, 9.17) is 4.74 Å². The number of likely N-dealkylation sites (tertiary alicyclic amines) is 1. The summed E-state index contributed by atoms with van der Waals surface area (Å²) in [6.45, 7) is 7.11. The SMILES string of the molecule is CCCCN(CC1CCCCC1)C(=O)C1CCN(Cc2ccc(Oc3ccccc3)cc2)CC1. The average Bonchev–Trinajstić information content (AvgIpc) is 2.89. The molecule has 2 aromatic carbocycles. The minimum Gasteiger partial charge on any atom is -0.457 e. The second kappa shape index (κ2) is 12.9. The number of hydrogen-bond acceptors (Lipinski definition) is 3. The maximum absolute atomic E-state index is 13.4. The number of nitrogens with zero attached hydrogens (tertiary/aromatic N) is 2. The van der Waals surface area contributed by atoms with Crippen LogP contribution < -0.4 is 4.74 Å². The molecule has 1 saturated carbocycles. The molecule has 2 aromatic rings. The van der Waals surface area contributed by atoms with Crippen LogP contribution in [-0.2, 0) is 11.3 Å². The lowest BCUT2D eigenvalue weighted by Gasteiger charge is -2.36. The van der Waals surface area contributed by atoms with E-state index < -0.39 is 0 Å². The Labute approximate surface area is 206 Å². The fraction of sp³-hybridized carbons (Fsp3) is 0.567. The highest BCUT2D eigenvalue weighted by molar-refractivity contribution is 5.79. The molecule has 4 nitrogen and oxygen atoms in total. The highest BCUT2D eigenvalue weighted by Gasteiger charge is 2.30. The van der Waals surface area contributed by atoms with E-state index in [1.807, 2.05) is 30.3 Å². The molecular formula is C30H42N2O2. The van der Waals surface area contributed by atoms with Crippen LogP contribution in [0, 0.1) is 11.8 Å². The molecular weight excluding hydrogens is 420 g/mol. The predicted octanol–water partition coefficient (Wildman–Crippen LogP) is 6.90. The van der Waals surface area contributed by atoms with Crippen LogP contribution in [0.15, 0.2) is 54.6 Å². The van der Waals surface area contributed by atoms with Gasteiger partial charge in [0.2, 0.25) is 5.91 Å². The largest absolute Gasteiger partial charge is 0.457 e. The smallest absolute Gasteiger partial charge is 0.225 e. The van der Waals surface area contributed by atoms with Gasteiger partial charge in [-0.3, -0.25) is 9.69 Å². The molecule has 1 aliphatic heterocycles. The second-order valence-corrected chi connectivity index (χ2v) is 10.3. The van der Waals surface area contributed by atoms with Crippen molar-refractivity contribution < 1.29 is 9.53 Å². The van der Waals surface area contributed by atoms with Crippen LogP contribution in [-0.4, -0.2) is 41.9 Å². The van der Waals surface area contributed by atoms with Crippen LogP contribution in [0.2, 0.25) is 0 Å². The summed E-state index contributed by atoms with van der Waals surface area (Å²) in [7, 11) is 0. The van der Waals surface area contributed by atoms with Gasteiger partial charge in [-0.1, -0.05) is 62.9 Å². The molecule has 34 heavy (non-hydrogen) atoms. The van der Waals surface area contributed by atoms with Crippen LogP contribution in [0.25, 0.3) is 0 Å². The van der Waals surface area contributed by atoms with Crippen molar-refractivity contribution in [1.29, 1.82) is 0 Å². The molecule has 0 unspecified atom stereocenters. The molecule has 0 spiro atoms. The van der Waals surface area contributed by atoms with E-state index in [1.165, 1.54) is 37.7 Å². The van der Waals surface area contributed by atoms with E-state index in [0.29, 0.717) is 5.91 Å². The van der Waals surface area contributed by atoms with Crippen molar-refractivity contribution in [2.75, 3.05) is 26.2 Å². The molecule has 1 saturated heterocycles. The van der Waals surface area contributed by atoms with Gasteiger partial charge in [0, 0.05) is 25.6 Å². The van der Waals surface area contributed by atoms with E-state index in [-0.39, 0.29) is 5.92 Å². The molecule has 2 fully saturated rings. The molecule has 184 valence electrons. The first kappa shape index (κ1) is 24.8. The van der Waals surface area contributed by atoms with Gasteiger partial charge in [-0.25, -0.2) is 0 Å². The summed E-state index contributed by atoms with van der Waals surface area (Å²) in [6.07, 6.45) is 10.9. The first-order valence-electron chi connectivity index (χ1n) is 13.5. The third-order valence-electron chi connectivity index (χ3n) is 7.54.